The molecule has 2 rings (SSSR count). The molecule has 18 heteroatoms. The van der Waals surface area contributed by atoms with Gasteiger partial charge in [0.2, 0.25) is 6.23 Å². The number of benzene rings is 1. The third-order valence-corrected chi connectivity index (χ3v) is 5.74. The van der Waals surface area contributed by atoms with Crippen molar-refractivity contribution in [3.63, 3.8) is 0 Å². The van der Waals surface area contributed by atoms with Crippen LogP contribution in [0.4, 0.5) is 16.2 Å². The van der Waals surface area contributed by atoms with Crippen LogP contribution >= 0.6 is 0 Å². The molecule has 0 aromatic heterocycles. The maximum atomic E-state index is 13.3. The van der Waals surface area contributed by atoms with E-state index >= 15 is 0 Å². The number of hydrogen-bond donors (Lipinski definition) is 1. The van der Waals surface area contributed by atoms with Gasteiger partial charge in [0.05, 0.1) is 4.92 Å². The summed E-state index contributed by atoms with van der Waals surface area (Å²) in [5.41, 5.74) is -0.299. The highest BCUT2D eigenvalue weighted by atomic mass is 16.6. The number of esters is 6. The van der Waals surface area contributed by atoms with E-state index in [1.165, 1.54) is 12.1 Å². The highest BCUT2D eigenvalue weighted by Crippen LogP contribution is 2.32. The van der Waals surface area contributed by atoms with Crippen molar-refractivity contribution >= 4 is 53.2 Å². The highest BCUT2D eigenvalue weighted by Gasteiger charge is 2.55. The maximum absolute atomic E-state index is 13.3. The van der Waals surface area contributed by atoms with E-state index in [4.69, 9.17) is 28.4 Å². The summed E-state index contributed by atoms with van der Waals surface area (Å²) >= 11 is 0. The summed E-state index contributed by atoms with van der Waals surface area (Å²) in [6.45, 7) is 5.22. The van der Waals surface area contributed by atoms with Crippen molar-refractivity contribution in [3.8, 4) is 0 Å². The van der Waals surface area contributed by atoms with E-state index in [2.05, 4.69) is 5.32 Å². The lowest BCUT2D eigenvalue weighted by Gasteiger charge is -2.38. The minimum Gasteiger partial charge on any atom is -0.462 e. The number of nitrogens with one attached hydrogen (secondary N) is 1. The first-order valence-corrected chi connectivity index (χ1v) is 12.8. The number of non-ortho nitro benzene ring substituents is 1. The molecule has 18 nitrogen and oxygen atoms in total. The van der Waals surface area contributed by atoms with Crippen LogP contribution in [0.15, 0.2) is 24.3 Å². The number of amides is 2. The van der Waals surface area contributed by atoms with Crippen molar-refractivity contribution in [2.45, 2.75) is 78.2 Å². The molecule has 1 saturated heterocycles. The van der Waals surface area contributed by atoms with Gasteiger partial charge < -0.3 is 33.7 Å². The van der Waals surface area contributed by atoms with Gasteiger partial charge in [0.25, 0.3) is 5.69 Å². The van der Waals surface area contributed by atoms with Crippen molar-refractivity contribution in [2.24, 2.45) is 0 Å². The lowest BCUT2D eigenvalue weighted by Crippen LogP contribution is -2.60. The molecule has 1 aromatic rings. The number of nitrogens with zero attached hydrogens (tertiary/aromatic N) is 2. The monoisotopic (exact) mass is 625 g/mol. The van der Waals surface area contributed by atoms with Crippen molar-refractivity contribution in [2.75, 3.05) is 11.5 Å². The van der Waals surface area contributed by atoms with E-state index < -0.39 is 90.1 Å². The summed E-state index contributed by atoms with van der Waals surface area (Å²) in [6, 6.07) is 2.05. The zero-order valence-electron chi connectivity index (χ0n) is 24.5. The summed E-state index contributed by atoms with van der Waals surface area (Å²) in [7, 11) is 0. The Labute approximate surface area is 249 Å². The van der Waals surface area contributed by atoms with Gasteiger partial charge in [0.1, 0.15) is 12.6 Å². The van der Waals surface area contributed by atoms with Gasteiger partial charge in [-0.15, -0.1) is 0 Å². The van der Waals surface area contributed by atoms with Crippen molar-refractivity contribution in [1.82, 2.24) is 5.32 Å². The molecule has 6 atom stereocenters. The number of rotatable bonds is 13. The van der Waals surface area contributed by atoms with Crippen molar-refractivity contribution in [1.29, 1.82) is 0 Å². The van der Waals surface area contributed by atoms with E-state index in [-0.39, 0.29) is 11.4 Å². The normalized spacial score (nSPS) is 18.4. The zero-order valence-corrected chi connectivity index (χ0v) is 24.5. The Balaban J connectivity index is 2.74. The Hall–Kier alpha value is -5.29. The van der Waals surface area contributed by atoms with E-state index in [0.717, 1.165) is 58.6 Å². The molecule has 0 saturated carbocycles. The van der Waals surface area contributed by atoms with Crippen LogP contribution in [0.2, 0.25) is 0 Å². The summed E-state index contributed by atoms with van der Waals surface area (Å²) in [5, 5.41) is 13.6. The van der Waals surface area contributed by atoms with Gasteiger partial charge in [0.15, 0.2) is 24.4 Å². The Morgan fingerprint density at radius 1 is 0.795 bits per heavy atom. The molecule has 240 valence electrons. The first kappa shape index (κ1) is 34.9. The molecule has 1 heterocycles. The smallest absolute Gasteiger partial charge is 0.325 e. The number of ether oxygens (including phenoxy) is 6. The van der Waals surface area contributed by atoms with Crippen molar-refractivity contribution in [3.05, 3.63) is 34.4 Å². The van der Waals surface area contributed by atoms with Gasteiger partial charge >= 0.3 is 41.8 Å². The summed E-state index contributed by atoms with van der Waals surface area (Å²) in [4.78, 5) is 97.2. The molecule has 0 bridgehead atoms. The molecular weight excluding hydrogens is 594 g/mol. The molecule has 1 aliphatic rings. The van der Waals surface area contributed by atoms with Gasteiger partial charge in [-0.25, -0.2) is 4.79 Å². The van der Waals surface area contributed by atoms with E-state index in [1.807, 2.05) is 0 Å². The molecule has 0 radical (unpaired) electrons. The SMILES string of the molecule is CC(=O)OC[C@@H](OC(C)=O)[C@H](OC(C)=O)[C@H](OC(C)=O)[C@@H](OC(C)=O)[C@@H]1NC(=O)N(c2ccc([N+](=O)[O-])cc2)[C@@H]1OC(C)=O. The van der Waals surface area contributed by atoms with Crippen LogP contribution in [-0.4, -0.2) is 90.1 Å². The molecule has 0 unspecified atom stereocenters. The van der Waals surface area contributed by atoms with Gasteiger partial charge in [-0.05, 0) is 12.1 Å². The lowest BCUT2D eigenvalue weighted by atomic mass is 9.95. The first-order chi connectivity index (χ1) is 20.5. The molecule has 1 aliphatic heterocycles. The van der Waals surface area contributed by atoms with E-state index in [9.17, 15) is 43.7 Å². The van der Waals surface area contributed by atoms with E-state index in [1.54, 1.807) is 0 Å². The number of nitro benzene ring substituents is 1. The van der Waals surface area contributed by atoms with Gasteiger partial charge in [-0.2, -0.15) is 0 Å². The number of hydrogen-bond acceptors (Lipinski definition) is 15. The Morgan fingerprint density at radius 3 is 1.77 bits per heavy atom. The van der Waals surface area contributed by atoms with E-state index in [0.29, 0.717) is 0 Å². The second-order valence-electron chi connectivity index (χ2n) is 9.29. The molecule has 1 fully saturated rings. The predicted octanol–water partition coefficient (Wildman–Crippen LogP) is 0.672. The number of anilines is 1. The number of carbonyl (C=O) groups excluding carboxylic acids is 7. The fraction of sp³-hybridized carbons (Fsp3) is 0.500. The first-order valence-electron chi connectivity index (χ1n) is 12.8. The predicted molar refractivity (Wildman–Crippen MR) is 142 cm³/mol. The summed E-state index contributed by atoms with van der Waals surface area (Å²) in [6.07, 6.45) is -8.83. The second-order valence-corrected chi connectivity index (χ2v) is 9.29. The number of carbonyl (C=O) groups is 7. The topological polar surface area (TPSA) is 233 Å². The van der Waals surface area contributed by atoms with Crippen LogP contribution in [-0.2, 0) is 57.2 Å². The minimum atomic E-state index is -1.89. The Morgan fingerprint density at radius 2 is 1.32 bits per heavy atom. The second kappa shape index (κ2) is 15.3. The third-order valence-electron chi connectivity index (χ3n) is 5.74. The van der Waals surface area contributed by atoms with Crippen LogP contribution in [0.25, 0.3) is 0 Å². The molecule has 1 N–H and O–H groups in total. The maximum Gasteiger partial charge on any atom is 0.325 e. The average molecular weight is 626 g/mol. The highest BCUT2D eigenvalue weighted by molar-refractivity contribution is 5.96. The van der Waals surface area contributed by atoms with Crippen LogP contribution in [0.5, 0.6) is 0 Å². The van der Waals surface area contributed by atoms with Crippen LogP contribution in [0, 0.1) is 10.1 Å². The molecular formula is C26H31N3O15. The average Bonchev–Trinajstić information content (AvgIpc) is 3.21. The summed E-state index contributed by atoms with van der Waals surface area (Å²) < 4.78 is 31.8. The fourth-order valence-electron chi connectivity index (χ4n) is 4.30. The van der Waals surface area contributed by atoms with Gasteiger partial charge in [0, 0.05) is 59.4 Å². The molecule has 1 aromatic carbocycles. The van der Waals surface area contributed by atoms with Crippen molar-refractivity contribution < 1.29 is 66.9 Å². The Kier molecular flexibility index (Phi) is 12.1. The number of urea groups is 1. The number of nitro groups is 1. The quantitative estimate of drug-likeness (QED) is 0.137. The van der Waals surface area contributed by atoms with Crippen LogP contribution < -0.4 is 10.2 Å². The minimum absolute atomic E-state index is 0.0108. The van der Waals surface area contributed by atoms with Gasteiger partial charge in [-0.1, -0.05) is 0 Å². The summed E-state index contributed by atoms with van der Waals surface area (Å²) in [5.74, 6) is -5.67. The lowest BCUT2D eigenvalue weighted by molar-refractivity contribution is -0.384. The van der Waals surface area contributed by atoms with Crippen LogP contribution in [0.3, 0.4) is 0 Å². The Bertz CT molecular complexity index is 1300. The van der Waals surface area contributed by atoms with Gasteiger partial charge in [-0.3, -0.25) is 43.8 Å². The molecule has 0 aliphatic carbocycles. The molecule has 2 amide bonds. The standard InChI is InChI=1S/C26H31N3O15/c1-12(30)39-11-20(40-13(2)31)22(41-14(3)32)24(43-16(5)34)23(42-15(4)33)21-25(44-17(6)35)28(26(36)27-21)18-7-9-19(10-8-18)29(37)38/h7-10,20-25H,11H2,1-6H3,(H,27,36)/t20-,21+,22+,23+,24+,25-/m1/s1. The third kappa shape index (κ3) is 9.63. The largest absolute Gasteiger partial charge is 0.462 e. The zero-order chi connectivity index (χ0) is 33.3. The fourth-order valence-corrected chi connectivity index (χ4v) is 4.30. The molecule has 0 spiro atoms. The van der Waals surface area contributed by atoms with Crippen LogP contribution in [0.1, 0.15) is 41.5 Å². The molecule has 44 heavy (non-hydrogen) atoms.